The zero-order valence-corrected chi connectivity index (χ0v) is 13.3. The van der Waals surface area contributed by atoms with E-state index >= 15 is 0 Å². The summed E-state index contributed by atoms with van der Waals surface area (Å²) in [5, 5.41) is 0. The number of carbonyl (C=O) groups excluding carboxylic acids is 1. The van der Waals surface area contributed by atoms with Gasteiger partial charge in [-0.3, -0.25) is 4.79 Å². The van der Waals surface area contributed by atoms with Gasteiger partial charge in [-0.2, -0.15) is 0 Å². The molecule has 3 aromatic rings. The molecule has 0 aromatic heterocycles. The summed E-state index contributed by atoms with van der Waals surface area (Å²) in [7, 11) is 0. The first-order valence-corrected chi connectivity index (χ1v) is 8.18. The summed E-state index contributed by atoms with van der Waals surface area (Å²) >= 11 is 0. The van der Waals surface area contributed by atoms with Crippen molar-refractivity contribution in [3.63, 3.8) is 0 Å². The van der Waals surface area contributed by atoms with Gasteiger partial charge >= 0.3 is 5.97 Å². The minimum Gasteiger partial charge on any atom is -0.449 e. The van der Waals surface area contributed by atoms with Gasteiger partial charge in [0.2, 0.25) is 0 Å². The summed E-state index contributed by atoms with van der Waals surface area (Å²) in [6.07, 6.45) is 0.615. The van der Waals surface area contributed by atoms with E-state index in [1.54, 1.807) is 0 Å². The maximum absolute atomic E-state index is 12.7. The van der Waals surface area contributed by atoms with Crippen molar-refractivity contribution in [1.29, 1.82) is 0 Å². The van der Waals surface area contributed by atoms with E-state index in [2.05, 4.69) is 0 Å². The van der Waals surface area contributed by atoms with Crippen LogP contribution in [0, 0.1) is 0 Å². The van der Waals surface area contributed by atoms with E-state index in [-0.39, 0.29) is 11.9 Å². The summed E-state index contributed by atoms with van der Waals surface area (Å²) in [4.78, 5) is 12.7. The number of cyclic esters (lactones) is 1. The van der Waals surface area contributed by atoms with Crippen LogP contribution >= 0.6 is 0 Å². The van der Waals surface area contributed by atoms with Crippen LogP contribution in [0.2, 0.25) is 0 Å². The Hall–Kier alpha value is -2.87. The molecule has 0 amide bonds. The van der Waals surface area contributed by atoms with Crippen molar-refractivity contribution in [2.45, 2.75) is 17.9 Å². The molecule has 4 rings (SSSR count). The van der Waals surface area contributed by atoms with Crippen LogP contribution in [0.4, 0.5) is 0 Å². The molecule has 3 aromatic carbocycles. The van der Waals surface area contributed by atoms with Crippen LogP contribution in [0.25, 0.3) is 0 Å². The molecule has 118 valence electrons. The summed E-state index contributed by atoms with van der Waals surface area (Å²) < 4.78 is 6.05. The Balaban J connectivity index is 1.83. The zero-order valence-electron chi connectivity index (χ0n) is 13.3. The molecule has 2 nitrogen and oxygen atoms in total. The van der Waals surface area contributed by atoms with Gasteiger partial charge < -0.3 is 4.74 Å². The Morgan fingerprint density at radius 2 is 1.17 bits per heavy atom. The minimum atomic E-state index is -0.722. The SMILES string of the molecule is O=C1OC(c2ccccc2)(c2ccccc2)C[C@H]1c1ccccc1. The lowest BCUT2D eigenvalue weighted by Crippen LogP contribution is -2.27. The number of hydrogen-bond acceptors (Lipinski definition) is 2. The van der Waals surface area contributed by atoms with E-state index < -0.39 is 5.60 Å². The fourth-order valence-corrected chi connectivity index (χ4v) is 3.53. The molecule has 0 spiro atoms. The topological polar surface area (TPSA) is 26.3 Å². The molecule has 1 atom stereocenters. The molecular weight excluding hydrogens is 296 g/mol. The second-order valence-electron chi connectivity index (χ2n) is 6.15. The third-order valence-electron chi connectivity index (χ3n) is 4.73. The molecule has 1 heterocycles. The maximum Gasteiger partial charge on any atom is 0.314 e. The fraction of sp³-hybridized carbons (Fsp3) is 0.136. The van der Waals surface area contributed by atoms with Crippen molar-refractivity contribution in [3.8, 4) is 0 Å². The molecule has 0 radical (unpaired) electrons. The van der Waals surface area contributed by atoms with Crippen LogP contribution in [-0.4, -0.2) is 5.97 Å². The monoisotopic (exact) mass is 314 g/mol. The number of carbonyl (C=O) groups is 1. The van der Waals surface area contributed by atoms with Crippen LogP contribution in [0.15, 0.2) is 91.0 Å². The highest BCUT2D eigenvalue weighted by molar-refractivity contribution is 5.82. The zero-order chi connectivity index (χ0) is 16.4. The predicted octanol–water partition coefficient (Wildman–Crippen LogP) is 4.66. The quantitative estimate of drug-likeness (QED) is 0.657. The van der Waals surface area contributed by atoms with Gasteiger partial charge in [0.15, 0.2) is 5.60 Å². The summed E-state index contributed by atoms with van der Waals surface area (Å²) in [6, 6.07) is 30.0. The number of hydrogen-bond donors (Lipinski definition) is 0. The molecule has 0 bridgehead atoms. The first-order valence-electron chi connectivity index (χ1n) is 8.18. The fourth-order valence-electron chi connectivity index (χ4n) is 3.53. The highest BCUT2D eigenvalue weighted by Crippen LogP contribution is 2.48. The van der Waals surface area contributed by atoms with Crippen LogP contribution in [0.5, 0.6) is 0 Å². The number of benzene rings is 3. The highest BCUT2D eigenvalue weighted by Gasteiger charge is 2.49. The predicted molar refractivity (Wildman–Crippen MR) is 93.6 cm³/mol. The number of esters is 1. The lowest BCUT2D eigenvalue weighted by molar-refractivity contribution is -0.147. The Morgan fingerprint density at radius 3 is 1.67 bits per heavy atom. The Bertz CT molecular complexity index is 786. The number of ether oxygens (including phenoxy) is 1. The lowest BCUT2D eigenvalue weighted by Gasteiger charge is -2.29. The van der Waals surface area contributed by atoms with Crippen LogP contribution in [0.1, 0.15) is 29.0 Å². The van der Waals surface area contributed by atoms with Crippen molar-refractivity contribution < 1.29 is 9.53 Å². The Kier molecular flexibility index (Phi) is 3.66. The van der Waals surface area contributed by atoms with Gasteiger partial charge in [0.25, 0.3) is 0 Å². The van der Waals surface area contributed by atoms with E-state index in [1.807, 2.05) is 91.0 Å². The third kappa shape index (κ3) is 2.41. The van der Waals surface area contributed by atoms with Gasteiger partial charge in [-0.1, -0.05) is 91.0 Å². The van der Waals surface area contributed by atoms with Crippen molar-refractivity contribution >= 4 is 5.97 Å². The van der Waals surface area contributed by atoms with Crippen LogP contribution in [-0.2, 0) is 15.1 Å². The van der Waals surface area contributed by atoms with Crippen molar-refractivity contribution in [2.75, 3.05) is 0 Å². The molecule has 0 saturated carbocycles. The first-order chi connectivity index (χ1) is 11.8. The molecule has 1 saturated heterocycles. The van der Waals surface area contributed by atoms with E-state index in [1.165, 1.54) is 0 Å². The Morgan fingerprint density at radius 1 is 0.708 bits per heavy atom. The highest BCUT2D eigenvalue weighted by atomic mass is 16.6. The lowest BCUT2D eigenvalue weighted by atomic mass is 9.80. The Labute approximate surface area is 141 Å². The van der Waals surface area contributed by atoms with Gasteiger partial charge in [0.1, 0.15) is 0 Å². The molecular formula is C22H18O2. The molecule has 1 fully saturated rings. The first kappa shape index (κ1) is 14.7. The van der Waals surface area contributed by atoms with E-state index in [0.717, 1.165) is 16.7 Å². The third-order valence-corrected chi connectivity index (χ3v) is 4.73. The smallest absolute Gasteiger partial charge is 0.314 e. The summed E-state index contributed by atoms with van der Waals surface area (Å²) in [5.41, 5.74) is 2.32. The average molecular weight is 314 g/mol. The van der Waals surface area contributed by atoms with Crippen LogP contribution < -0.4 is 0 Å². The van der Waals surface area contributed by atoms with E-state index in [4.69, 9.17) is 4.74 Å². The van der Waals surface area contributed by atoms with Crippen molar-refractivity contribution in [3.05, 3.63) is 108 Å². The van der Waals surface area contributed by atoms with E-state index in [0.29, 0.717) is 6.42 Å². The summed E-state index contributed by atoms with van der Waals surface area (Å²) in [6.45, 7) is 0. The van der Waals surface area contributed by atoms with E-state index in [9.17, 15) is 4.79 Å². The summed E-state index contributed by atoms with van der Waals surface area (Å²) in [5.74, 6) is -0.402. The molecule has 0 N–H and O–H groups in total. The molecule has 1 aliphatic heterocycles. The second-order valence-corrected chi connectivity index (χ2v) is 6.15. The van der Waals surface area contributed by atoms with Crippen molar-refractivity contribution in [1.82, 2.24) is 0 Å². The maximum atomic E-state index is 12.7. The molecule has 24 heavy (non-hydrogen) atoms. The van der Waals surface area contributed by atoms with Gasteiger partial charge in [0.05, 0.1) is 5.92 Å². The molecule has 0 unspecified atom stereocenters. The normalized spacial score (nSPS) is 19.0. The van der Waals surface area contributed by atoms with Crippen LogP contribution in [0.3, 0.4) is 0 Å². The molecule has 2 heteroatoms. The average Bonchev–Trinajstić information content (AvgIpc) is 3.03. The molecule has 0 aliphatic carbocycles. The van der Waals surface area contributed by atoms with Gasteiger partial charge in [0, 0.05) is 17.5 Å². The minimum absolute atomic E-state index is 0.158. The standard InChI is InChI=1S/C22H18O2/c23-21-20(17-10-4-1-5-11-17)16-22(24-21,18-12-6-2-7-13-18)19-14-8-3-9-15-19/h1-15,20H,16H2/t20-/m0/s1. The van der Waals surface area contributed by atoms with Gasteiger partial charge in [-0.05, 0) is 5.56 Å². The second kappa shape index (κ2) is 5.97. The number of rotatable bonds is 3. The van der Waals surface area contributed by atoms with Gasteiger partial charge in [-0.15, -0.1) is 0 Å². The largest absolute Gasteiger partial charge is 0.449 e. The molecule has 1 aliphatic rings. The van der Waals surface area contributed by atoms with Crippen molar-refractivity contribution in [2.24, 2.45) is 0 Å². The van der Waals surface area contributed by atoms with Gasteiger partial charge in [-0.25, -0.2) is 0 Å².